The Balaban J connectivity index is 1.96. The minimum Gasteiger partial charge on any atom is -0.459 e. The number of benzene rings is 1. The normalized spacial score (nSPS) is 10.1. The lowest BCUT2D eigenvalue weighted by Gasteiger charge is -2.06. The van der Waals surface area contributed by atoms with Gasteiger partial charge in [-0.15, -0.1) is 0 Å². The van der Waals surface area contributed by atoms with E-state index in [2.05, 4.69) is 17.6 Å². The first-order valence-electron chi connectivity index (χ1n) is 5.98. The molecule has 0 unspecified atom stereocenters. The highest BCUT2D eigenvalue weighted by Gasteiger charge is 2.07. The maximum atomic E-state index is 11.7. The van der Waals surface area contributed by atoms with Gasteiger partial charge in [0.25, 0.3) is 5.91 Å². The predicted molar refractivity (Wildman–Crippen MR) is 71.9 cm³/mol. The molecule has 0 saturated heterocycles. The monoisotopic (exact) mass is 244 g/mol. The Morgan fingerprint density at radius 2 is 1.89 bits per heavy atom. The molecule has 4 nitrogen and oxygen atoms in total. The highest BCUT2D eigenvalue weighted by molar-refractivity contribution is 6.02. The SMILES string of the molecule is CCCNc1ccc(NC(=O)c2ccco2)cc1. The van der Waals surface area contributed by atoms with Crippen LogP contribution in [0, 0.1) is 0 Å². The van der Waals surface area contributed by atoms with Crippen LogP contribution in [0.5, 0.6) is 0 Å². The number of rotatable bonds is 5. The minimum atomic E-state index is -0.241. The average molecular weight is 244 g/mol. The maximum Gasteiger partial charge on any atom is 0.291 e. The van der Waals surface area contributed by atoms with Crippen molar-refractivity contribution in [2.24, 2.45) is 0 Å². The van der Waals surface area contributed by atoms with E-state index in [1.54, 1.807) is 12.1 Å². The lowest BCUT2D eigenvalue weighted by atomic mass is 10.2. The van der Waals surface area contributed by atoms with Gasteiger partial charge in [-0.2, -0.15) is 0 Å². The summed E-state index contributed by atoms with van der Waals surface area (Å²) in [5.74, 6) is 0.0671. The molecule has 1 aromatic heterocycles. The lowest BCUT2D eigenvalue weighted by Crippen LogP contribution is -2.10. The second-order valence-corrected chi connectivity index (χ2v) is 3.94. The van der Waals surface area contributed by atoms with Gasteiger partial charge in [0.15, 0.2) is 5.76 Å². The zero-order valence-electron chi connectivity index (χ0n) is 10.3. The van der Waals surface area contributed by atoms with E-state index in [4.69, 9.17) is 4.42 Å². The first-order valence-corrected chi connectivity index (χ1v) is 5.98. The third-order valence-electron chi connectivity index (χ3n) is 2.47. The molecule has 0 aliphatic rings. The van der Waals surface area contributed by atoms with Crippen molar-refractivity contribution in [2.45, 2.75) is 13.3 Å². The summed E-state index contributed by atoms with van der Waals surface area (Å²) < 4.78 is 5.02. The molecule has 0 atom stereocenters. The van der Waals surface area contributed by atoms with Crippen LogP contribution >= 0.6 is 0 Å². The molecular weight excluding hydrogens is 228 g/mol. The van der Waals surface area contributed by atoms with Crippen molar-refractivity contribution < 1.29 is 9.21 Å². The van der Waals surface area contributed by atoms with Crippen LogP contribution in [-0.4, -0.2) is 12.5 Å². The minimum absolute atomic E-state index is 0.241. The van der Waals surface area contributed by atoms with E-state index >= 15 is 0 Å². The number of amides is 1. The van der Waals surface area contributed by atoms with Crippen molar-refractivity contribution in [3.05, 3.63) is 48.4 Å². The number of carbonyl (C=O) groups excluding carboxylic acids is 1. The molecule has 1 aromatic carbocycles. The van der Waals surface area contributed by atoms with E-state index in [1.807, 2.05) is 24.3 Å². The summed E-state index contributed by atoms with van der Waals surface area (Å²) in [5, 5.41) is 6.04. The van der Waals surface area contributed by atoms with Crippen LogP contribution in [0.1, 0.15) is 23.9 Å². The molecule has 0 spiro atoms. The molecular formula is C14H16N2O2. The van der Waals surface area contributed by atoms with E-state index in [0.29, 0.717) is 5.76 Å². The maximum absolute atomic E-state index is 11.7. The van der Waals surface area contributed by atoms with Crippen LogP contribution in [0.25, 0.3) is 0 Å². The molecule has 0 aliphatic carbocycles. The molecule has 2 aromatic rings. The fraction of sp³-hybridized carbons (Fsp3) is 0.214. The summed E-state index contributed by atoms with van der Waals surface area (Å²) in [5.41, 5.74) is 1.80. The van der Waals surface area contributed by atoms with Crippen molar-refractivity contribution in [3.63, 3.8) is 0 Å². The fourth-order valence-corrected chi connectivity index (χ4v) is 1.54. The molecule has 2 rings (SSSR count). The Labute approximate surface area is 106 Å². The van der Waals surface area contributed by atoms with Gasteiger partial charge in [-0.3, -0.25) is 4.79 Å². The number of furan rings is 1. The van der Waals surface area contributed by atoms with Gasteiger partial charge >= 0.3 is 0 Å². The van der Waals surface area contributed by atoms with E-state index in [1.165, 1.54) is 6.26 Å². The van der Waals surface area contributed by atoms with Crippen LogP contribution in [0.2, 0.25) is 0 Å². The lowest BCUT2D eigenvalue weighted by molar-refractivity contribution is 0.0996. The summed E-state index contributed by atoms with van der Waals surface area (Å²) in [4.78, 5) is 11.7. The van der Waals surface area contributed by atoms with Gasteiger partial charge in [-0.25, -0.2) is 0 Å². The van der Waals surface area contributed by atoms with Crippen molar-refractivity contribution in [3.8, 4) is 0 Å². The molecule has 0 radical (unpaired) electrons. The fourth-order valence-electron chi connectivity index (χ4n) is 1.54. The van der Waals surface area contributed by atoms with E-state index in [-0.39, 0.29) is 5.91 Å². The van der Waals surface area contributed by atoms with Gasteiger partial charge in [0.1, 0.15) is 0 Å². The summed E-state index contributed by atoms with van der Waals surface area (Å²) in [7, 11) is 0. The standard InChI is InChI=1S/C14H16N2O2/c1-2-9-15-11-5-7-12(8-6-11)16-14(17)13-4-3-10-18-13/h3-8,10,15H,2,9H2,1H3,(H,16,17). The predicted octanol–water partition coefficient (Wildman–Crippen LogP) is 3.35. The van der Waals surface area contributed by atoms with Gasteiger partial charge in [0.2, 0.25) is 0 Å². The quantitative estimate of drug-likeness (QED) is 0.848. The summed E-state index contributed by atoms with van der Waals surface area (Å²) >= 11 is 0. The average Bonchev–Trinajstić information content (AvgIpc) is 2.92. The van der Waals surface area contributed by atoms with Gasteiger partial charge in [0, 0.05) is 17.9 Å². The van der Waals surface area contributed by atoms with E-state index in [9.17, 15) is 4.79 Å². The van der Waals surface area contributed by atoms with E-state index in [0.717, 1.165) is 24.3 Å². The Morgan fingerprint density at radius 1 is 1.17 bits per heavy atom. The molecule has 0 aliphatic heterocycles. The number of carbonyl (C=O) groups is 1. The van der Waals surface area contributed by atoms with Crippen LogP contribution in [0.4, 0.5) is 11.4 Å². The molecule has 0 fully saturated rings. The third kappa shape index (κ3) is 3.13. The van der Waals surface area contributed by atoms with Crippen LogP contribution < -0.4 is 10.6 Å². The summed E-state index contributed by atoms with van der Waals surface area (Å²) in [6, 6.07) is 10.9. The first kappa shape index (κ1) is 12.2. The van der Waals surface area contributed by atoms with Gasteiger partial charge in [0.05, 0.1) is 6.26 Å². The zero-order chi connectivity index (χ0) is 12.8. The Morgan fingerprint density at radius 3 is 2.50 bits per heavy atom. The molecule has 4 heteroatoms. The van der Waals surface area contributed by atoms with Gasteiger partial charge in [-0.1, -0.05) is 6.92 Å². The Bertz CT molecular complexity index is 489. The van der Waals surface area contributed by atoms with Gasteiger partial charge in [-0.05, 0) is 42.8 Å². The smallest absolute Gasteiger partial charge is 0.291 e. The molecule has 0 bridgehead atoms. The third-order valence-corrected chi connectivity index (χ3v) is 2.47. The summed E-state index contributed by atoms with van der Waals surface area (Å²) in [6.07, 6.45) is 2.56. The number of nitrogens with one attached hydrogen (secondary N) is 2. The number of anilines is 2. The van der Waals surface area contributed by atoms with Crippen molar-refractivity contribution >= 4 is 17.3 Å². The zero-order valence-corrected chi connectivity index (χ0v) is 10.3. The van der Waals surface area contributed by atoms with Crippen LogP contribution in [-0.2, 0) is 0 Å². The van der Waals surface area contributed by atoms with Crippen molar-refractivity contribution in [1.29, 1.82) is 0 Å². The topological polar surface area (TPSA) is 54.3 Å². The molecule has 1 heterocycles. The Kier molecular flexibility index (Phi) is 4.02. The van der Waals surface area contributed by atoms with Crippen molar-refractivity contribution in [1.82, 2.24) is 0 Å². The largest absolute Gasteiger partial charge is 0.459 e. The second kappa shape index (κ2) is 5.91. The second-order valence-electron chi connectivity index (χ2n) is 3.94. The van der Waals surface area contributed by atoms with Crippen molar-refractivity contribution in [2.75, 3.05) is 17.2 Å². The highest BCUT2D eigenvalue weighted by atomic mass is 16.3. The molecule has 1 amide bonds. The molecule has 2 N–H and O–H groups in total. The first-order chi connectivity index (χ1) is 8.79. The highest BCUT2D eigenvalue weighted by Crippen LogP contribution is 2.14. The number of hydrogen-bond donors (Lipinski definition) is 2. The van der Waals surface area contributed by atoms with E-state index < -0.39 is 0 Å². The Hall–Kier alpha value is -2.23. The molecule has 18 heavy (non-hydrogen) atoms. The summed E-state index contributed by atoms with van der Waals surface area (Å²) in [6.45, 7) is 3.06. The van der Waals surface area contributed by atoms with Gasteiger partial charge < -0.3 is 15.1 Å². The number of hydrogen-bond acceptors (Lipinski definition) is 3. The molecule has 94 valence electrons. The van der Waals surface area contributed by atoms with Crippen LogP contribution in [0.15, 0.2) is 47.1 Å². The molecule has 0 saturated carbocycles. The van der Waals surface area contributed by atoms with Crippen LogP contribution in [0.3, 0.4) is 0 Å².